The van der Waals surface area contributed by atoms with Gasteiger partial charge in [0, 0.05) is 77.1 Å². The molecule has 0 aliphatic rings. The largest absolute Gasteiger partial charge is 0.480 e. The number of aromatic nitrogens is 3. The van der Waals surface area contributed by atoms with E-state index in [2.05, 4.69) is 62.5 Å². The standard InChI is InChI=1S/C66H93N17O11/c1-7-37(6)56(83-62(90)51(29-39-33-74-46-22-12-9-18-42(39)46)77-57(85)44(68)20-16-26-72-66(70)71)64(92)80-52(30-40-34-75-47-23-13-10-19-43(40)47)61(89)82-55(36(4)5)63(91)79-49(27-35(2)3)59(87)78-50(28-38-32-73-45-21-11-8-17-41(38)45)60(88)76-48(24-14-15-25-67)58(86)81-53(65(93)94)31-54(69)84/h8-13,17-19,21-23,32-37,44,48-53,55-56,73-75H,7,14-16,20,24-31,67-68H2,1-6H3,(H2,69,84)(H,76,88)(H,77,85)(H,78,87)(H,79,91)(H,80,92)(H,81,86)(H,82,89)(H,83,90)(H,93,94)(H4,70,71,72)/t37-,44-,48-,49-,50-,51-,52-,53-,55-,56-/m0/s1. The lowest BCUT2D eigenvalue weighted by Gasteiger charge is -2.30. The highest BCUT2D eigenvalue weighted by atomic mass is 16.4. The summed E-state index contributed by atoms with van der Waals surface area (Å²) in [6, 6.07) is 9.96. The van der Waals surface area contributed by atoms with Gasteiger partial charge in [0.1, 0.15) is 48.3 Å². The van der Waals surface area contributed by atoms with Crippen molar-refractivity contribution in [2.24, 2.45) is 51.4 Å². The number of nitrogens with zero attached hydrogens (tertiary/aromatic N) is 1. The Morgan fingerprint density at radius 1 is 0.489 bits per heavy atom. The maximum Gasteiger partial charge on any atom is 0.326 e. The number of carboxylic acid groups (broad SMARTS) is 1. The first kappa shape index (κ1) is 73.2. The summed E-state index contributed by atoms with van der Waals surface area (Å²) < 4.78 is 0. The number of carboxylic acids is 1. The van der Waals surface area contributed by atoms with Gasteiger partial charge in [0.2, 0.25) is 53.2 Å². The third-order valence-corrected chi connectivity index (χ3v) is 16.5. The fraction of sp³-hybridized carbons (Fsp3) is 0.470. The number of nitrogens with one attached hydrogen (secondary N) is 11. The maximum absolute atomic E-state index is 15.1. The van der Waals surface area contributed by atoms with E-state index in [0.29, 0.717) is 42.4 Å². The lowest BCUT2D eigenvalue weighted by molar-refractivity contribution is -0.143. The van der Waals surface area contributed by atoms with Crippen LogP contribution in [0.4, 0.5) is 0 Å². The number of aromatic amines is 3. The normalized spacial score (nSPS) is 14.7. The molecule has 28 nitrogen and oxygen atoms in total. The molecule has 0 radical (unpaired) electrons. The van der Waals surface area contributed by atoms with E-state index in [4.69, 9.17) is 28.7 Å². The molecule has 0 aliphatic heterocycles. The van der Waals surface area contributed by atoms with E-state index in [1.54, 1.807) is 45.4 Å². The third-order valence-electron chi connectivity index (χ3n) is 16.5. The zero-order valence-electron chi connectivity index (χ0n) is 54.1. The summed E-state index contributed by atoms with van der Waals surface area (Å²) >= 11 is 0. The van der Waals surface area contributed by atoms with Gasteiger partial charge in [0.05, 0.1) is 12.5 Å². The molecule has 0 aliphatic carbocycles. The first-order chi connectivity index (χ1) is 44.8. The molecule has 0 unspecified atom stereocenters. The van der Waals surface area contributed by atoms with Crippen molar-refractivity contribution in [1.29, 1.82) is 0 Å². The molecule has 9 amide bonds. The number of carbonyl (C=O) groups excluding carboxylic acids is 9. The third kappa shape index (κ3) is 21.1. The predicted molar refractivity (Wildman–Crippen MR) is 357 cm³/mol. The van der Waals surface area contributed by atoms with Crippen LogP contribution in [0.5, 0.6) is 0 Å². The number of guanidine groups is 1. The molecular formula is C66H93N17O11. The van der Waals surface area contributed by atoms with Crippen molar-refractivity contribution in [2.75, 3.05) is 13.1 Å². The van der Waals surface area contributed by atoms with Gasteiger partial charge in [-0.2, -0.15) is 0 Å². The molecule has 0 fully saturated rings. The predicted octanol–water partition coefficient (Wildman–Crippen LogP) is 1.25. The number of H-pyrrole nitrogens is 3. The Kier molecular flexibility index (Phi) is 27.5. The van der Waals surface area contributed by atoms with Gasteiger partial charge in [0.25, 0.3) is 0 Å². The molecule has 28 heteroatoms. The molecule has 0 saturated heterocycles. The maximum atomic E-state index is 15.1. The Morgan fingerprint density at radius 3 is 1.34 bits per heavy atom. The second kappa shape index (κ2) is 35.3. The van der Waals surface area contributed by atoms with Crippen molar-refractivity contribution in [1.82, 2.24) is 57.5 Å². The highest BCUT2D eigenvalue weighted by Crippen LogP contribution is 2.24. The Morgan fingerprint density at radius 2 is 0.894 bits per heavy atom. The molecule has 0 saturated carbocycles. The van der Waals surface area contributed by atoms with Crippen LogP contribution in [0, 0.1) is 17.8 Å². The number of hydrogen-bond donors (Lipinski definition) is 17. The van der Waals surface area contributed by atoms with Gasteiger partial charge in [-0.3, -0.25) is 48.1 Å². The van der Waals surface area contributed by atoms with Crippen molar-refractivity contribution in [3.8, 4) is 0 Å². The number of para-hydroxylation sites is 3. The van der Waals surface area contributed by atoms with Crippen LogP contribution in [0.15, 0.2) is 96.4 Å². The van der Waals surface area contributed by atoms with Crippen LogP contribution in [0.3, 0.4) is 0 Å². The fourth-order valence-electron chi connectivity index (χ4n) is 11.1. The van der Waals surface area contributed by atoms with E-state index >= 15 is 4.79 Å². The monoisotopic (exact) mass is 1300 g/mol. The SMILES string of the molecule is CC[C@H](C)[C@H](NC(=O)[C@H](Cc1c[nH]c2ccccc12)NC(=O)[C@@H](N)CCCN=C(N)N)C(=O)N[C@@H](Cc1c[nH]c2ccccc12)C(=O)N[C@H](C(=O)N[C@@H](CC(C)C)C(=O)N[C@@H](Cc1c[nH]c2ccccc12)C(=O)N[C@@H](CCCCN)C(=O)N[C@@H](CC(N)=O)C(=O)O)C(C)C. The quantitative estimate of drug-likeness (QED) is 0.0147. The molecule has 94 heavy (non-hydrogen) atoms. The molecular weight excluding hydrogens is 1210 g/mol. The van der Waals surface area contributed by atoms with E-state index in [-0.39, 0.29) is 63.5 Å². The molecule has 6 rings (SSSR count). The lowest BCUT2D eigenvalue weighted by atomic mass is 9.95. The minimum atomic E-state index is -1.71. The average molecular weight is 1300 g/mol. The molecule has 22 N–H and O–H groups in total. The van der Waals surface area contributed by atoms with Crippen LogP contribution in [-0.4, -0.2) is 153 Å². The fourth-order valence-corrected chi connectivity index (χ4v) is 11.1. The van der Waals surface area contributed by atoms with Gasteiger partial charge in [-0.15, -0.1) is 0 Å². The number of fused-ring (bicyclic) bond motifs is 3. The molecule has 3 heterocycles. The smallest absolute Gasteiger partial charge is 0.326 e. The number of hydrogen-bond acceptors (Lipinski definition) is 13. The summed E-state index contributed by atoms with van der Waals surface area (Å²) in [6.45, 7) is 11.1. The number of carbonyl (C=O) groups is 10. The van der Waals surface area contributed by atoms with Crippen molar-refractivity contribution >= 4 is 97.8 Å². The second-order valence-corrected chi connectivity index (χ2v) is 24.6. The number of amides is 9. The van der Waals surface area contributed by atoms with Gasteiger partial charge in [-0.25, -0.2) is 4.79 Å². The highest BCUT2D eigenvalue weighted by Gasteiger charge is 2.38. The second-order valence-electron chi connectivity index (χ2n) is 24.6. The zero-order valence-corrected chi connectivity index (χ0v) is 54.1. The summed E-state index contributed by atoms with van der Waals surface area (Å²) in [5.41, 5.74) is 32.5. The summed E-state index contributed by atoms with van der Waals surface area (Å²) in [5, 5.41) is 34.1. The van der Waals surface area contributed by atoms with E-state index in [1.807, 2.05) is 87.5 Å². The van der Waals surface area contributed by atoms with Crippen molar-refractivity contribution in [2.45, 2.75) is 167 Å². The Bertz CT molecular complexity index is 3630. The topological polar surface area (TPSA) is 477 Å². The number of primary amides is 1. The van der Waals surface area contributed by atoms with Crippen LogP contribution in [0.2, 0.25) is 0 Å². The number of rotatable bonds is 38. The van der Waals surface area contributed by atoms with E-state index in [0.717, 1.165) is 32.7 Å². The Hall–Kier alpha value is -9.83. The molecule has 3 aromatic carbocycles. The number of benzene rings is 3. The molecule has 0 bridgehead atoms. The van der Waals surface area contributed by atoms with Crippen LogP contribution in [0.1, 0.15) is 110 Å². The zero-order chi connectivity index (χ0) is 68.8. The van der Waals surface area contributed by atoms with Gasteiger partial charge in [0.15, 0.2) is 5.96 Å². The van der Waals surface area contributed by atoms with Crippen LogP contribution < -0.4 is 71.2 Å². The highest BCUT2D eigenvalue weighted by molar-refractivity contribution is 6.00. The summed E-state index contributed by atoms with van der Waals surface area (Å²) in [6.07, 6.45) is 5.91. The summed E-state index contributed by atoms with van der Waals surface area (Å²) in [5.74, 6) is -10.2. The van der Waals surface area contributed by atoms with Gasteiger partial charge in [-0.05, 0) is 97.7 Å². The molecule has 10 atom stereocenters. The van der Waals surface area contributed by atoms with Gasteiger partial charge < -0.3 is 91.3 Å². The number of aliphatic carboxylic acids is 1. The van der Waals surface area contributed by atoms with Crippen LogP contribution in [0.25, 0.3) is 32.7 Å². The van der Waals surface area contributed by atoms with Crippen LogP contribution in [-0.2, 0) is 67.2 Å². The van der Waals surface area contributed by atoms with Crippen molar-refractivity contribution < 1.29 is 53.1 Å². The molecule has 508 valence electrons. The van der Waals surface area contributed by atoms with Gasteiger partial charge >= 0.3 is 5.97 Å². The van der Waals surface area contributed by atoms with Crippen LogP contribution >= 0.6 is 0 Å². The Balaban J connectivity index is 1.27. The average Bonchev–Trinajstić information content (AvgIpc) is 1.64. The number of nitrogens with two attached hydrogens (primary N) is 5. The summed E-state index contributed by atoms with van der Waals surface area (Å²) in [4.78, 5) is 154. The number of aliphatic imine (C=N–C) groups is 1. The van der Waals surface area contributed by atoms with Crippen molar-refractivity contribution in [3.05, 3.63) is 108 Å². The van der Waals surface area contributed by atoms with E-state index < -0.39 is 132 Å². The first-order valence-corrected chi connectivity index (χ1v) is 31.9. The van der Waals surface area contributed by atoms with E-state index in [9.17, 15) is 48.3 Å². The minimum Gasteiger partial charge on any atom is -0.480 e. The van der Waals surface area contributed by atoms with Gasteiger partial charge in [-0.1, -0.05) is 103 Å². The Labute approximate surface area is 545 Å². The van der Waals surface area contributed by atoms with E-state index in [1.165, 1.54) is 0 Å². The first-order valence-electron chi connectivity index (χ1n) is 31.9. The molecule has 6 aromatic rings. The molecule has 3 aromatic heterocycles. The molecule has 0 spiro atoms. The minimum absolute atomic E-state index is 0.00181. The summed E-state index contributed by atoms with van der Waals surface area (Å²) in [7, 11) is 0. The lowest BCUT2D eigenvalue weighted by Crippen LogP contribution is -2.62. The number of unbranched alkanes of at least 4 members (excludes halogenated alkanes) is 1. The van der Waals surface area contributed by atoms with Crippen molar-refractivity contribution in [3.63, 3.8) is 0 Å².